The molecule has 1 N–H and O–H groups in total. The van der Waals surface area contributed by atoms with Crippen LogP contribution in [0.25, 0.3) is 11.4 Å². The van der Waals surface area contributed by atoms with Gasteiger partial charge < -0.3 is 14.6 Å². The van der Waals surface area contributed by atoms with E-state index in [0.29, 0.717) is 35.3 Å². The number of pyridine rings is 2. The number of methoxy groups -OCH3 is 1. The molecule has 0 radical (unpaired) electrons. The third-order valence-electron chi connectivity index (χ3n) is 3.53. The third-order valence-corrected chi connectivity index (χ3v) is 3.53. The molecule has 3 aromatic heterocycles. The van der Waals surface area contributed by atoms with Crippen molar-refractivity contribution in [3.05, 3.63) is 48.4 Å². The first-order chi connectivity index (χ1) is 12.2. The van der Waals surface area contributed by atoms with Crippen LogP contribution in [-0.4, -0.2) is 33.1 Å². The van der Waals surface area contributed by atoms with E-state index in [1.165, 1.54) is 0 Å². The summed E-state index contributed by atoms with van der Waals surface area (Å²) in [5.41, 5.74) is 2.11. The first kappa shape index (κ1) is 16.6. The minimum atomic E-state index is -0.174. The average Bonchev–Trinajstić information content (AvgIpc) is 3.10. The Morgan fingerprint density at radius 1 is 1.24 bits per heavy atom. The first-order valence-electron chi connectivity index (χ1n) is 7.70. The van der Waals surface area contributed by atoms with Crippen LogP contribution in [0.2, 0.25) is 0 Å². The van der Waals surface area contributed by atoms with Crippen LogP contribution in [0.15, 0.2) is 41.3 Å². The van der Waals surface area contributed by atoms with E-state index in [4.69, 9.17) is 9.26 Å². The van der Waals surface area contributed by atoms with E-state index < -0.39 is 0 Å². The highest BCUT2D eigenvalue weighted by Gasteiger charge is 2.13. The lowest BCUT2D eigenvalue weighted by molar-refractivity contribution is -0.116. The molecule has 128 valence electrons. The predicted molar refractivity (Wildman–Crippen MR) is 90.0 cm³/mol. The highest BCUT2D eigenvalue weighted by Crippen LogP contribution is 2.26. The molecule has 3 rings (SSSR count). The smallest absolute Gasteiger partial charge is 0.227 e. The monoisotopic (exact) mass is 339 g/mol. The molecule has 0 bridgehead atoms. The van der Waals surface area contributed by atoms with Crippen molar-refractivity contribution in [1.29, 1.82) is 0 Å². The number of aromatic nitrogens is 4. The Hall–Kier alpha value is -3.29. The fourth-order valence-electron chi connectivity index (χ4n) is 2.32. The Labute approximate surface area is 144 Å². The molecule has 8 heteroatoms. The summed E-state index contributed by atoms with van der Waals surface area (Å²) in [6, 6.07) is 5.27. The summed E-state index contributed by atoms with van der Waals surface area (Å²) in [6.07, 6.45) is 5.48. The van der Waals surface area contributed by atoms with Crippen molar-refractivity contribution >= 4 is 11.6 Å². The topological polar surface area (TPSA) is 103 Å². The Balaban J connectivity index is 1.60. The minimum absolute atomic E-state index is 0.174. The summed E-state index contributed by atoms with van der Waals surface area (Å²) in [5.74, 6) is 1.25. The first-order valence-corrected chi connectivity index (χ1v) is 7.70. The van der Waals surface area contributed by atoms with Gasteiger partial charge in [0.25, 0.3) is 0 Å². The van der Waals surface area contributed by atoms with Crippen molar-refractivity contribution in [2.75, 3.05) is 12.4 Å². The largest absolute Gasteiger partial charge is 0.493 e. The van der Waals surface area contributed by atoms with Gasteiger partial charge in [0.15, 0.2) is 5.75 Å². The Morgan fingerprint density at radius 3 is 2.80 bits per heavy atom. The fraction of sp³-hybridized carbons (Fsp3) is 0.235. The lowest BCUT2D eigenvalue weighted by Crippen LogP contribution is -2.13. The summed E-state index contributed by atoms with van der Waals surface area (Å²) in [6.45, 7) is 1.81. The SMILES string of the molecule is COc1c(NC(=O)CCc2nc(-c3ccncc3)no2)ccnc1C. The van der Waals surface area contributed by atoms with E-state index in [0.717, 1.165) is 5.56 Å². The second-order valence-corrected chi connectivity index (χ2v) is 5.27. The zero-order valence-electron chi connectivity index (χ0n) is 13.9. The van der Waals surface area contributed by atoms with Crippen molar-refractivity contribution in [3.63, 3.8) is 0 Å². The van der Waals surface area contributed by atoms with Gasteiger partial charge in [-0.15, -0.1) is 0 Å². The molecule has 0 unspecified atom stereocenters. The molecule has 3 aromatic rings. The molecule has 0 aliphatic rings. The zero-order chi connectivity index (χ0) is 17.6. The summed E-state index contributed by atoms with van der Waals surface area (Å²) in [5, 5.41) is 6.72. The van der Waals surface area contributed by atoms with Gasteiger partial charge in [-0.1, -0.05) is 5.16 Å². The normalized spacial score (nSPS) is 10.5. The van der Waals surface area contributed by atoms with Crippen LogP contribution in [-0.2, 0) is 11.2 Å². The van der Waals surface area contributed by atoms with E-state index in [-0.39, 0.29) is 12.3 Å². The molecule has 25 heavy (non-hydrogen) atoms. The number of carbonyl (C=O) groups is 1. The van der Waals surface area contributed by atoms with Gasteiger partial charge in [-0.25, -0.2) is 0 Å². The van der Waals surface area contributed by atoms with Crippen LogP contribution >= 0.6 is 0 Å². The maximum Gasteiger partial charge on any atom is 0.227 e. The maximum atomic E-state index is 12.2. The Morgan fingerprint density at radius 2 is 2.04 bits per heavy atom. The van der Waals surface area contributed by atoms with Crippen LogP contribution in [0.1, 0.15) is 18.0 Å². The van der Waals surface area contributed by atoms with Crippen LogP contribution in [0.4, 0.5) is 5.69 Å². The van der Waals surface area contributed by atoms with Crippen molar-refractivity contribution in [2.24, 2.45) is 0 Å². The number of nitrogens with zero attached hydrogens (tertiary/aromatic N) is 4. The van der Waals surface area contributed by atoms with Crippen molar-refractivity contribution in [2.45, 2.75) is 19.8 Å². The number of rotatable bonds is 6. The van der Waals surface area contributed by atoms with Crippen LogP contribution in [0, 0.1) is 6.92 Å². The minimum Gasteiger partial charge on any atom is -0.493 e. The molecule has 1 amide bonds. The van der Waals surface area contributed by atoms with Crippen LogP contribution in [0.3, 0.4) is 0 Å². The number of aryl methyl sites for hydroxylation is 2. The molecule has 0 atom stereocenters. The summed E-state index contributed by atoms with van der Waals surface area (Å²) >= 11 is 0. The van der Waals surface area contributed by atoms with Gasteiger partial charge in [0.1, 0.15) is 0 Å². The predicted octanol–water partition coefficient (Wildman–Crippen LogP) is 2.41. The van der Waals surface area contributed by atoms with Gasteiger partial charge in [-0.3, -0.25) is 14.8 Å². The molecule has 3 heterocycles. The molecule has 0 saturated carbocycles. The van der Waals surface area contributed by atoms with E-state index in [1.54, 1.807) is 43.9 Å². The zero-order valence-corrected chi connectivity index (χ0v) is 13.9. The number of hydrogen-bond donors (Lipinski definition) is 1. The van der Waals surface area contributed by atoms with Gasteiger partial charge in [-0.05, 0) is 25.1 Å². The highest BCUT2D eigenvalue weighted by atomic mass is 16.5. The number of carbonyl (C=O) groups excluding carboxylic acids is 1. The lowest BCUT2D eigenvalue weighted by Gasteiger charge is -2.11. The number of amides is 1. The summed E-state index contributed by atoms with van der Waals surface area (Å²) in [7, 11) is 1.54. The molecule has 0 aliphatic heterocycles. The van der Waals surface area contributed by atoms with Gasteiger partial charge in [0.05, 0.1) is 18.5 Å². The molecule has 0 fully saturated rings. The molecule has 0 saturated heterocycles. The lowest BCUT2D eigenvalue weighted by atomic mass is 10.2. The second kappa shape index (κ2) is 7.52. The molecule has 0 aromatic carbocycles. The van der Waals surface area contributed by atoms with Gasteiger partial charge in [-0.2, -0.15) is 4.98 Å². The number of hydrogen-bond acceptors (Lipinski definition) is 7. The number of ether oxygens (including phenoxy) is 1. The molecule has 8 nitrogen and oxygen atoms in total. The third kappa shape index (κ3) is 3.97. The quantitative estimate of drug-likeness (QED) is 0.735. The standard InChI is InChI=1S/C17H17N5O3/c1-11-16(24-2)13(7-10-19-11)20-14(23)3-4-15-21-17(22-25-15)12-5-8-18-9-6-12/h5-10H,3-4H2,1-2H3,(H,19,20,23). The van der Waals surface area contributed by atoms with E-state index in [2.05, 4.69) is 25.4 Å². The van der Waals surface area contributed by atoms with Crippen molar-refractivity contribution < 1.29 is 14.1 Å². The van der Waals surface area contributed by atoms with Gasteiger partial charge in [0, 0.05) is 37.0 Å². The maximum absolute atomic E-state index is 12.2. The molecule has 0 spiro atoms. The van der Waals surface area contributed by atoms with E-state index >= 15 is 0 Å². The van der Waals surface area contributed by atoms with Crippen molar-refractivity contribution in [1.82, 2.24) is 20.1 Å². The summed E-state index contributed by atoms with van der Waals surface area (Å²) in [4.78, 5) is 24.5. The average molecular weight is 339 g/mol. The second-order valence-electron chi connectivity index (χ2n) is 5.27. The number of anilines is 1. The number of nitrogens with one attached hydrogen (secondary N) is 1. The molecule has 0 aliphatic carbocycles. The van der Waals surface area contributed by atoms with Gasteiger partial charge >= 0.3 is 0 Å². The van der Waals surface area contributed by atoms with Crippen molar-refractivity contribution in [3.8, 4) is 17.1 Å². The Kier molecular flexibility index (Phi) is 4.98. The molecular weight excluding hydrogens is 322 g/mol. The van der Waals surface area contributed by atoms with Crippen LogP contribution in [0.5, 0.6) is 5.75 Å². The highest BCUT2D eigenvalue weighted by molar-refractivity contribution is 5.92. The summed E-state index contributed by atoms with van der Waals surface area (Å²) < 4.78 is 10.5. The molecular formula is C17H17N5O3. The van der Waals surface area contributed by atoms with Crippen LogP contribution < -0.4 is 10.1 Å². The van der Waals surface area contributed by atoms with E-state index in [9.17, 15) is 4.79 Å². The van der Waals surface area contributed by atoms with E-state index in [1.807, 2.05) is 6.92 Å². The van der Waals surface area contributed by atoms with Gasteiger partial charge in [0.2, 0.25) is 17.6 Å². The fourth-order valence-corrected chi connectivity index (χ4v) is 2.32. The Bertz CT molecular complexity index is 864.